The standard InChI is InChI=1S/C30H30FN3O3/c1-19-5-11-25(27(31)15-19)24-12-10-22(16-26(24)21-8-6-20(17-32)7-9-21)28(35)34-14-13-23(18-34)33-29(36)37-30(2,3)4/h5-12,15-16,23H,13-14,18H2,1-4H3,(H,33,36)/t23-/m0/s1. The molecule has 1 heterocycles. The predicted octanol–water partition coefficient (Wildman–Crippen LogP) is 6.08. The Balaban J connectivity index is 1.62. The van der Waals surface area contributed by atoms with Crippen LogP contribution in [0.4, 0.5) is 9.18 Å². The van der Waals surface area contributed by atoms with Crippen LogP contribution in [0, 0.1) is 24.1 Å². The highest BCUT2D eigenvalue weighted by Crippen LogP contribution is 2.35. The van der Waals surface area contributed by atoms with Crippen LogP contribution in [0.5, 0.6) is 0 Å². The number of likely N-dealkylation sites (tertiary alicyclic amines) is 1. The van der Waals surface area contributed by atoms with Crippen molar-refractivity contribution in [1.82, 2.24) is 10.2 Å². The molecule has 0 radical (unpaired) electrons. The van der Waals surface area contributed by atoms with Crippen LogP contribution < -0.4 is 5.32 Å². The first-order valence-electron chi connectivity index (χ1n) is 12.2. The molecule has 6 nitrogen and oxygen atoms in total. The molecule has 0 aliphatic carbocycles. The first-order valence-corrected chi connectivity index (χ1v) is 12.2. The number of hydrogen-bond donors (Lipinski definition) is 1. The van der Waals surface area contributed by atoms with Crippen molar-refractivity contribution in [2.75, 3.05) is 13.1 Å². The van der Waals surface area contributed by atoms with Gasteiger partial charge in [0.05, 0.1) is 17.7 Å². The van der Waals surface area contributed by atoms with Crippen LogP contribution >= 0.6 is 0 Å². The summed E-state index contributed by atoms with van der Waals surface area (Å²) in [6.45, 7) is 8.10. The van der Waals surface area contributed by atoms with E-state index >= 15 is 0 Å². The summed E-state index contributed by atoms with van der Waals surface area (Å²) in [4.78, 5) is 27.3. The van der Waals surface area contributed by atoms with E-state index in [4.69, 9.17) is 4.74 Å². The SMILES string of the molecule is Cc1ccc(-c2ccc(C(=O)N3CC[C@H](NC(=O)OC(C)(C)C)C3)cc2-c2ccc(C#N)cc2)c(F)c1. The highest BCUT2D eigenvalue weighted by Gasteiger charge is 2.30. The number of alkyl carbamates (subject to hydrolysis) is 1. The summed E-state index contributed by atoms with van der Waals surface area (Å²) in [7, 11) is 0. The van der Waals surface area contributed by atoms with Crippen LogP contribution in [-0.2, 0) is 4.74 Å². The molecule has 0 unspecified atom stereocenters. The van der Waals surface area contributed by atoms with Gasteiger partial charge in [0.15, 0.2) is 0 Å². The number of halogens is 1. The molecule has 0 bridgehead atoms. The summed E-state index contributed by atoms with van der Waals surface area (Å²) in [6.07, 6.45) is 0.125. The van der Waals surface area contributed by atoms with Gasteiger partial charge in [-0.1, -0.05) is 30.3 Å². The molecule has 0 saturated carbocycles. The maximum atomic E-state index is 14.9. The second-order valence-electron chi connectivity index (χ2n) is 10.3. The summed E-state index contributed by atoms with van der Waals surface area (Å²) in [5, 5.41) is 12.0. The van der Waals surface area contributed by atoms with Crippen molar-refractivity contribution < 1.29 is 18.7 Å². The average molecular weight is 500 g/mol. The van der Waals surface area contributed by atoms with E-state index in [0.29, 0.717) is 47.3 Å². The first-order chi connectivity index (χ1) is 17.5. The third kappa shape index (κ3) is 6.15. The molecule has 1 aliphatic heterocycles. The summed E-state index contributed by atoms with van der Waals surface area (Å²) >= 11 is 0. The third-order valence-corrected chi connectivity index (χ3v) is 6.20. The van der Waals surface area contributed by atoms with E-state index < -0.39 is 11.7 Å². The Morgan fingerprint density at radius 3 is 2.38 bits per heavy atom. The number of amides is 2. The van der Waals surface area contributed by atoms with E-state index in [9.17, 15) is 19.2 Å². The van der Waals surface area contributed by atoms with Crippen LogP contribution in [0.2, 0.25) is 0 Å². The second-order valence-corrected chi connectivity index (χ2v) is 10.3. The van der Waals surface area contributed by atoms with E-state index in [-0.39, 0.29) is 17.8 Å². The van der Waals surface area contributed by atoms with Crippen LogP contribution in [0.1, 0.15) is 48.7 Å². The zero-order chi connectivity index (χ0) is 26.7. The van der Waals surface area contributed by atoms with Crippen molar-refractivity contribution in [3.05, 3.63) is 83.2 Å². The Kier molecular flexibility index (Phi) is 7.30. The quantitative estimate of drug-likeness (QED) is 0.472. The zero-order valence-electron chi connectivity index (χ0n) is 21.5. The fourth-order valence-corrected chi connectivity index (χ4v) is 4.43. The van der Waals surface area contributed by atoms with Crippen LogP contribution in [-0.4, -0.2) is 41.6 Å². The van der Waals surface area contributed by atoms with Gasteiger partial charge >= 0.3 is 6.09 Å². The van der Waals surface area contributed by atoms with Crippen molar-refractivity contribution in [3.63, 3.8) is 0 Å². The predicted molar refractivity (Wildman–Crippen MR) is 140 cm³/mol. The number of benzene rings is 3. The van der Waals surface area contributed by atoms with Crippen molar-refractivity contribution in [1.29, 1.82) is 5.26 Å². The summed E-state index contributed by atoms with van der Waals surface area (Å²) in [5.74, 6) is -0.510. The Labute approximate surface area is 216 Å². The molecule has 2 amide bonds. The number of carbonyl (C=O) groups is 2. The van der Waals surface area contributed by atoms with Crippen LogP contribution in [0.3, 0.4) is 0 Å². The molecule has 1 N–H and O–H groups in total. The maximum absolute atomic E-state index is 14.9. The van der Waals surface area contributed by atoms with Crippen LogP contribution in [0.15, 0.2) is 60.7 Å². The molecule has 1 fully saturated rings. The van der Waals surface area contributed by atoms with Gasteiger partial charge in [0.1, 0.15) is 11.4 Å². The minimum Gasteiger partial charge on any atom is -0.444 e. The molecule has 7 heteroatoms. The second kappa shape index (κ2) is 10.4. The van der Waals surface area contributed by atoms with E-state index in [1.54, 1.807) is 74.2 Å². The van der Waals surface area contributed by atoms with Gasteiger partial charge in [-0.15, -0.1) is 0 Å². The highest BCUT2D eigenvalue weighted by atomic mass is 19.1. The van der Waals surface area contributed by atoms with Gasteiger partial charge < -0.3 is 15.0 Å². The summed E-state index contributed by atoms with van der Waals surface area (Å²) in [5.41, 5.74) is 3.76. The molecule has 1 aliphatic rings. The van der Waals surface area contributed by atoms with Crippen LogP contribution in [0.25, 0.3) is 22.3 Å². The number of nitrogens with one attached hydrogen (secondary N) is 1. The molecule has 1 saturated heterocycles. The lowest BCUT2D eigenvalue weighted by Gasteiger charge is -2.22. The van der Waals surface area contributed by atoms with Crippen molar-refractivity contribution in [2.24, 2.45) is 0 Å². The van der Waals surface area contributed by atoms with Gasteiger partial charge in [0, 0.05) is 24.2 Å². The lowest BCUT2D eigenvalue weighted by molar-refractivity contribution is 0.0502. The monoisotopic (exact) mass is 499 g/mol. The fourth-order valence-electron chi connectivity index (χ4n) is 4.43. The zero-order valence-corrected chi connectivity index (χ0v) is 21.5. The third-order valence-electron chi connectivity index (χ3n) is 6.20. The van der Waals surface area contributed by atoms with E-state index in [1.807, 2.05) is 13.0 Å². The number of nitrogens with zero attached hydrogens (tertiary/aromatic N) is 2. The molecular weight excluding hydrogens is 469 g/mol. The molecule has 3 aromatic rings. The van der Waals surface area contributed by atoms with Gasteiger partial charge in [-0.3, -0.25) is 4.79 Å². The topological polar surface area (TPSA) is 82.4 Å². The summed E-state index contributed by atoms with van der Waals surface area (Å²) in [6, 6.07) is 19.2. The molecule has 3 aromatic carbocycles. The number of nitriles is 1. The van der Waals surface area contributed by atoms with E-state index in [2.05, 4.69) is 11.4 Å². The largest absolute Gasteiger partial charge is 0.444 e. The van der Waals surface area contributed by atoms with Gasteiger partial charge in [-0.2, -0.15) is 5.26 Å². The molecule has 190 valence electrons. The van der Waals surface area contributed by atoms with Gasteiger partial charge in [0.25, 0.3) is 5.91 Å². The van der Waals surface area contributed by atoms with Crippen molar-refractivity contribution in [2.45, 2.75) is 45.8 Å². The van der Waals surface area contributed by atoms with Crippen molar-refractivity contribution in [3.8, 4) is 28.3 Å². The average Bonchev–Trinajstić information content (AvgIpc) is 3.30. The Bertz CT molecular complexity index is 1370. The number of aryl methyl sites for hydroxylation is 1. The molecule has 1 atom stereocenters. The number of hydrogen-bond acceptors (Lipinski definition) is 4. The van der Waals surface area contributed by atoms with E-state index in [0.717, 1.165) is 11.1 Å². The smallest absolute Gasteiger partial charge is 0.407 e. The molecule has 0 spiro atoms. The van der Waals surface area contributed by atoms with Gasteiger partial charge in [0.2, 0.25) is 0 Å². The number of carbonyl (C=O) groups excluding carboxylic acids is 2. The highest BCUT2D eigenvalue weighted by molar-refractivity contribution is 5.98. The number of rotatable bonds is 4. The fraction of sp³-hybridized carbons (Fsp3) is 0.300. The molecule has 0 aromatic heterocycles. The summed E-state index contributed by atoms with van der Waals surface area (Å²) < 4.78 is 20.3. The number of ether oxygens (including phenoxy) is 1. The molecule has 4 rings (SSSR count). The Morgan fingerprint density at radius 2 is 1.73 bits per heavy atom. The Hall–Kier alpha value is -4.18. The molecular formula is C30H30FN3O3. The lowest BCUT2D eigenvalue weighted by atomic mass is 9.91. The van der Waals surface area contributed by atoms with Gasteiger partial charge in [-0.05, 0) is 86.7 Å². The lowest BCUT2D eigenvalue weighted by Crippen LogP contribution is -2.41. The van der Waals surface area contributed by atoms with Gasteiger partial charge in [-0.25, -0.2) is 9.18 Å². The minimum atomic E-state index is -0.599. The minimum absolute atomic E-state index is 0.167. The maximum Gasteiger partial charge on any atom is 0.407 e. The van der Waals surface area contributed by atoms with Crippen molar-refractivity contribution >= 4 is 12.0 Å². The van der Waals surface area contributed by atoms with E-state index in [1.165, 1.54) is 6.07 Å². The Morgan fingerprint density at radius 1 is 1.03 bits per heavy atom. The first kappa shape index (κ1) is 25.9. The molecule has 37 heavy (non-hydrogen) atoms. The normalized spacial score (nSPS) is 15.2.